The number of likely N-dealkylation sites (N-methyl/N-ethyl adjacent to an activating group) is 1. The highest BCUT2D eigenvalue weighted by Crippen LogP contribution is 2.35. The number of aryl methyl sites for hydroxylation is 1. The predicted molar refractivity (Wildman–Crippen MR) is 140 cm³/mol. The van der Waals surface area contributed by atoms with Gasteiger partial charge in [0.25, 0.3) is 5.56 Å². The summed E-state index contributed by atoms with van der Waals surface area (Å²) in [5, 5.41) is 4.89. The number of hydrogen-bond donors (Lipinski definition) is 1. The lowest BCUT2D eigenvalue weighted by molar-refractivity contribution is 0.311. The molecule has 0 spiro atoms. The molecule has 6 rings (SSSR count). The number of nitrogens with zero attached hydrogens (tertiary/aromatic N) is 4. The van der Waals surface area contributed by atoms with Crippen LogP contribution in [0.3, 0.4) is 0 Å². The number of fused-ring (bicyclic) bond motifs is 2. The van der Waals surface area contributed by atoms with Gasteiger partial charge in [-0.15, -0.1) is 0 Å². The van der Waals surface area contributed by atoms with E-state index in [4.69, 9.17) is 9.84 Å². The molecule has 4 aromatic rings. The van der Waals surface area contributed by atoms with Crippen molar-refractivity contribution in [3.63, 3.8) is 0 Å². The van der Waals surface area contributed by atoms with Gasteiger partial charge >= 0.3 is 0 Å². The summed E-state index contributed by atoms with van der Waals surface area (Å²) in [5.41, 5.74) is 7.45. The summed E-state index contributed by atoms with van der Waals surface area (Å²) in [6.07, 6.45) is 4.10. The van der Waals surface area contributed by atoms with Crippen molar-refractivity contribution in [1.29, 1.82) is 0 Å². The molecule has 1 N–H and O–H groups in total. The minimum Gasteiger partial charge on any atom is -0.490 e. The van der Waals surface area contributed by atoms with Crippen LogP contribution in [0.25, 0.3) is 16.9 Å². The molecule has 0 atom stereocenters. The Morgan fingerprint density at radius 3 is 2.63 bits per heavy atom. The van der Waals surface area contributed by atoms with E-state index in [-0.39, 0.29) is 5.56 Å². The zero-order valence-corrected chi connectivity index (χ0v) is 20.4. The monoisotopic (exact) mass is 469 g/mol. The van der Waals surface area contributed by atoms with Gasteiger partial charge in [0.15, 0.2) is 5.65 Å². The number of H-pyrrole nitrogens is 1. The van der Waals surface area contributed by atoms with E-state index in [0.29, 0.717) is 13.0 Å². The predicted octanol–water partition coefficient (Wildman–Crippen LogP) is 4.41. The zero-order chi connectivity index (χ0) is 23.9. The van der Waals surface area contributed by atoms with E-state index in [9.17, 15) is 4.79 Å². The maximum Gasteiger partial charge on any atom is 0.278 e. The molecule has 0 radical (unpaired) electrons. The zero-order valence-electron chi connectivity index (χ0n) is 20.4. The van der Waals surface area contributed by atoms with Gasteiger partial charge in [0.1, 0.15) is 23.7 Å². The Hall–Kier alpha value is -3.74. The van der Waals surface area contributed by atoms with Gasteiger partial charge in [-0.1, -0.05) is 36.4 Å². The van der Waals surface area contributed by atoms with Gasteiger partial charge in [-0.3, -0.25) is 4.79 Å². The van der Waals surface area contributed by atoms with Gasteiger partial charge in [0, 0.05) is 43.4 Å². The Morgan fingerprint density at radius 1 is 1.03 bits per heavy atom. The first-order valence-corrected chi connectivity index (χ1v) is 12.5. The minimum atomic E-state index is -0.0565. The van der Waals surface area contributed by atoms with Crippen molar-refractivity contribution in [2.45, 2.75) is 32.6 Å². The lowest BCUT2D eigenvalue weighted by atomic mass is 10.0. The third-order valence-corrected chi connectivity index (χ3v) is 7.29. The van der Waals surface area contributed by atoms with E-state index in [1.165, 1.54) is 6.42 Å². The molecule has 0 aliphatic carbocycles. The second kappa shape index (κ2) is 8.80. The number of hydrogen-bond acceptors (Lipinski definition) is 5. The summed E-state index contributed by atoms with van der Waals surface area (Å²) in [6, 6.07) is 16.4. The second-order valence-corrected chi connectivity index (χ2v) is 9.65. The average Bonchev–Trinajstić information content (AvgIpc) is 3.27. The molecule has 1 fully saturated rings. The standard InChI is InChI=1S/C28H31N5O2/c1-19-22(17-20-11-12-24-23(18-20)31(2)15-16-35-24)28(34)33-27(29-19)26(32-13-7-4-8-14-32)25(30-33)21-9-5-3-6-10-21/h3,5-6,9-12,18,29H,4,7-8,13-17H2,1-2H3. The Balaban J connectivity index is 1.47. The van der Waals surface area contributed by atoms with Crippen LogP contribution >= 0.6 is 0 Å². The number of nitrogens with one attached hydrogen (secondary N) is 1. The fraction of sp³-hybridized carbons (Fsp3) is 0.357. The van der Waals surface area contributed by atoms with Crippen LogP contribution in [-0.4, -0.2) is 47.9 Å². The quantitative estimate of drug-likeness (QED) is 0.480. The number of anilines is 2. The van der Waals surface area contributed by atoms with Crippen molar-refractivity contribution < 1.29 is 4.74 Å². The van der Waals surface area contributed by atoms with Gasteiger partial charge in [-0.05, 0) is 43.9 Å². The van der Waals surface area contributed by atoms with Gasteiger partial charge in [0.05, 0.1) is 12.2 Å². The van der Waals surface area contributed by atoms with Crippen LogP contribution < -0.4 is 20.1 Å². The number of ether oxygens (including phenoxy) is 1. The highest BCUT2D eigenvalue weighted by Gasteiger charge is 2.25. The second-order valence-electron chi connectivity index (χ2n) is 9.65. The van der Waals surface area contributed by atoms with Crippen molar-refractivity contribution in [2.75, 3.05) is 43.1 Å². The first kappa shape index (κ1) is 21.8. The summed E-state index contributed by atoms with van der Waals surface area (Å²) in [6.45, 7) is 5.51. The maximum atomic E-state index is 13.8. The molecule has 35 heavy (non-hydrogen) atoms. The molecule has 2 aliphatic heterocycles. The normalized spacial score (nSPS) is 15.8. The number of aromatic nitrogens is 3. The Labute approximate surface area is 205 Å². The van der Waals surface area contributed by atoms with E-state index >= 15 is 0 Å². The first-order valence-electron chi connectivity index (χ1n) is 12.5. The number of aromatic amines is 1. The van der Waals surface area contributed by atoms with Crippen LogP contribution in [0, 0.1) is 6.92 Å². The van der Waals surface area contributed by atoms with Crippen molar-refractivity contribution in [2.24, 2.45) is 0 Å². The van der Waals surface area contributed by atoms with Crippen LogP contribution in [0.1, 0.15) is 36.1 Å². The highest BCUT2D eigenvalue weighted by atomic mass is 16.5. The third-order valence-electron chi connectivity index (χ3n) is 7.29. The number of piperidine rings is 1. The maximum absolute atomic E-state index is 13.8. The molecule has 7 nitrogen and oxygen atoms in total. The number of rotatable bonds is 4. The fourth-order valence-corrected chi connectivity index (χ4v) is 5.34. The Kier molecular flexibility index (Phi) is 5.47. The summed E-state index contributed by atoms with van der Waals surface area (Å²) in [4.78, 5) is 22.0. The first-order chi connectivity index (χ1) is 17.1. The highest BCUT2D eigenvalue weighted by molar-refractivity contribution is 5.86. The molecule has 4 heterocycles. The van der Waals surface area contributed by atoms with Crippen molar-refractivity contribution in [1.82, 2.24) is 14.6 Å². The molecular formula is C28H31N5O2. The summed E-state index contributed by atoms with van der Waals surface area (Å²) < 4.78 is 7.38. The molecule has 2 aromatic carbocycles. The average molecular weight is 470 g/mol. The largest absolute Gasteiger partial charge is 0.490 e. The third kappa shape index (κ3) is 3.85. The lowest BCUT2D eigenvalue weighted by Crippen LogP contribution is -2.30. The molecule has 2 aromatic heterocycles. The molecule has 0 saturated carbocycles. The van der Waals surface area contributed by atoms with E-state index in [2.05, 4.69) is 46.1 Å². The molecule has 7 heteroatoms. The van der Waals surface area contributed by atoms with Gasteiger partial charge < -0.3 is 19.5 Å². The smallest absolute Gasteiger partial charge is 0.278 e. The Morgan fingerprint density at radius 2 is 1.83 bits per heavy atom. The van der Waals surface area contributed by atoms with Gasteiger partial charge in [-0.25, -0.2) is 0 Å². The molecule has 1 saturated heterocycles. The SMILES string of the molecule is Cc1[nH]c2c(N3CCCCC3)c(-c3ccccc3)nn2c(=O)c1Cc1ccc2c(c1)N(C)CCO2. The van der Waals surface area contributed by atoms with Gasteiger partial charge in [-0.2, -0.15) is 9.61 Å². The summed E-state index contributed by atoms with van der Waals surface area (Å²) in [5.74, 6) is 0.898. The molecule has 0 bridgehead atoms. The fourth-order valence-electron chi connectivity index (χ4n) is 5.34. The molecule has 0 unspecified atom stereocenters. The molecule has 180 valence electrons. The molecule has 0 amide bonds. The molecule has 2 aliphatic rings. The van der Waals surface area contributed by atoms with Crippen LogP contribution in [0.15, 0.2) is 53.3 Å². The van der Waals surface area contributed by atoms with Crippen LogP contribution in [-0.2, 0) is 6.42 Å². The number of benzene rings is 2. The lowest BCUT2D eigenvalue weighted by Gasteiger charge is -2.28. The van der Waals surface area contributed by atoms with Gasteiger partial charge in [0.2, 0.25) is 0 Å². The van der Waals surface area contributed by atoms with Crippen LogP contribution in [0.4, 0.5) is 11.4 Å². The van der Waals surface area contributed by atoms with Crippen LogP contribution in [0.2, 0.25) is 0 Å². The topological polar surface area (TPSA) is 65.9 Å². The van der Waals surface area contributed by atoms with Crippen molar-refractivity contribution in [3.8, 4) is 17.0 Å². The van der Waals surface area contributed by atoms with Crippen molar-refractivity contribution >= 4 is 17.0 Å². The Bertz CT molecular complexity index is 1430. The summed E-state index contributed by atoms with van der Waals surface area (Å²) in [7, 11) is 2.08. The molecular weight excluding hydrogens is 438 g/mol. The van der Waals surface area contributed by atoms with E-state index in [1.807, 2.05) is 31.2 Å². The van der Waals surface area contributed by atoms with E-state index < -0.39 is 0 Å². The van der Waals surface area contributed by atoms with E-state index in [1.54, 1.807) is 4.52 Å². The summed E-state index contributed by atoms with van der Waals surface area (Å²) >= 11 is 0. The van der Waals surface area contributed by atoms with Crippen LogP contribution in [0.5, 0.6) is 5.75 Å². The minimum absolute atomic E-state index is 0.0565. The van der Waals surface area contributed by atoms with E-state index in [0.717, 1.165) is 83.3 Å². The van der Waals surface area contributed by atoms with Crippen molar-refractivity contribution in [3.05, 3.63) is 75.7 Å².